The van der Waals surface area contributed by atoms with Crippen LogP contribution in [0.2, 0.25) is 0 Å². The Morgan fingerprint density at radius 2 is 1.82 bits per heavy atom. The molecule has 0 atom stereocenters. The van der Waals surface area contributed by atoms with E-state index in [1.807, 2.05) is 0 Å². The Kier molecular flexibility index (Phi) is 6.56. The Labute approximate surface area is 134 Å². The molecular weight excluding hydrogens is 274 g/mol. The lowest BCUT2D eigenvalue weighted by Gasteiger charge is -2.18. The van der Waals surface area contributed by atoms with Crippen LogP contribution in [0.15, 0.2) is 24.3 Å². The van der Waals surface area contributed by atoms with Crippen molar-refractivity contribution in [2.24, 2.45) is 5.92 Å². The summed E-state index contributed by atoms with van der Waals surface area (Å²) >= 11 is 0. The first-order valence-corrected chi connectivity index (χ1v) is 8.51. The average Bonchev–Trinajstić information content (AvgIpc) is 3.02. The Morgan fingerprint density at radius 1 is 1.14 bits per heavy atom. The number of anilines is 2. The zero-order valence-corrected chi connectivity index (χ0v) is 13.9. The number of nitrogens with zero attached hydrogens (tertiary/aromatic N) is 1. The van der Waals surface area contributed by atoms with Crippen LogP contribution in [-0.4, -0.2) is 32.1 Å². The van der Waals surface area contributed by atoms with Gasteiger partial charge in [0.2, 0.25) is 5.91 Å². The topological polar surface area (TPSA) is 44.4 Å². The van der Waals surface area contributed by atoms with Crippen LogP contribution in [0, 0.1) is 5.92 Å². The van der Waals surface area contributed by atoms with Crippen LogP contribution in [-0.2, 0) is 4.79 Å². The lowest BCUT2D eigenvalue weighted by molar-refractivity contribution is -0.120. The summed E-state index contributed by atoms with van der Waals surface area (Å²) in [5.41, 5.74) is 2.38. The summed E-state index contributed by atoms with van der Waals surface area (Å²) < 4.78 is 0. The molecular formula is C18H29N3O. The molecule has 0 bridgehead atoms. The van der Waals surface area contributed by atoms with Crippen molar-refractivity contribution in [1.29, 1.82) is 0 Å². The average molecular weight is 303 g/mol. The van der Waals surface area contributed by atoms with Gasteiger partial charge in [0.1, 0.15) is 0 Å². The van der Waals surface area contributed by atoms with Gasteiger partial charge in [0, 0.05) is 44.0 Å². The van der Waals surface area contributed by atoms with E-state index >= 15 is 0 Å². The van der Waals surface area contributed by atoms with E-state index in [0.717, 1.165) is 18.7 Å². The van der Waals surface area contributed by atoms with Gasteiger partial charge in [-0.1, -0.05) is 13.8 Å². The van der Waals surface area contributed by atoms with Crippen LogP contribution in [0.3, 0.4) is 0 Å². The van der Waals surface area contributed by atoms with Crippen LogP contribution < -0.4 is 15.5 Å². The summed E-state index contributed by atoms with van der Waals surface area (Å²) in [6, 6.07) is 8.53. The normalized spacial score (nSPS) is 14.4. The lowest BCUT2D eigenvalue weighted by atomic mass is 10.1. The molecule has 1 aromatic carbocycles. The molecule has 2 rings (SSSR count). The van der Waals surface area contributed by atoms with Crippen molar-refractivity contribution in [2.75, 3.05) is 36.4 Å². The minimum absolute atomic E-state index is 0.127. The van der Waals surface area contributed by atoms with Gasteiger partial charge >= 0.3 is 0 Å². The molecule has 1 aliphatic rings. The summed E-state index contributed by atoms with van der Waals surface area (Å²) in [7, 11) is 0. The number of benzene rings is 1. The number of carbonyl (C=O) groups is 1. The fourth-order valence-electron chi connectivity index (χ4n) is 2.67. The number of carbonyl (C=O) groups excluding carboxylic acids is 1. The largest absolute Gasteiger partial charge is 0.385 e. The number of nitrogens with one attached hydrogen (secondary N) is 2. The number of hydrogen-bond acceptors (Lipinski definition) is 3. The molecule has 4 heteroatoms. The van der Waals surface area contributed by atoms with Crippen molar-refractivity contribution >= 4 is 17.3 Å². The second-order valence-corrected chi connectivity index (χ2v) is 6.45. The monoisotopic (exact) mass is 303 g/mol. The van der Waals surface area contributed by atoms with Gasteiger partial charge in [-0.25, -0.2) is 0 Å². The molecule has 22 heavy (non-hydrogen) atoms. The van der Waals surface area contributed by atoms with Crippen LogP contribution >= 0.6 is 0 Å². The fourth-order valence-corrected chi connectivity index (χ4v) is 2.67. The summed E-state index contributed by atoms with van der Waals surface area (Å²) in [5.74, 6) is 0.759. The highest BCUT2D eigenvalue weighted by Crippen LogP contribution is 2.21. The number of hydrogen-bond donors (Lipinski definition) is 2. The molecule has 4 nitrogen and oxygen atoms in total. The molecule has 0 unspecified atom stereocenters. The maximum Gasteiger partial charge on any atom is 0.221 e. The van der Waals surface area contributed by atoms with Gasteiger partial charge in [-0.2, -0.15) is 0 Å². The van der Waals surface area contributed by atoms with Crippen molar-refractivity contribution in [2.45, 2.75) is 39.5 Å². The van der Waals surface area contributed by atoms with Crippen LogP contribution in [0.25, 0.3) is 0 Å². The molecule has 0 spiro atoms. The van der Waals surface area contributed by atoms with Crippen LogP contribution in [0.1, 0.15) is 39.5 Å². The highest BCUT2D eigenvalue weighted by Gasteiger charge is 2.11. The van der Waals surface area contributed by atoms with Gasteiger partial charge in [0.05, 0.1) is 0 Å². The third-order valence-corrected chi connectivity index (χ3v) is 4.06. The maximum absolute atomic E-state index is 11.7. The third kappa shape index (κ3) is 5.58. The van der Waals surface area contributed by atoms with Crippen molar-refractivity contribution in [1.82, 2.24) is 5.32 Å². The zero-order valence-electron chi connectivity index (χ0n) is 13.9. The summed E-state index contributed by atoms with van der Waals surface area (Å²) in [6.07, 6.45) is 4.15. The second kappa shape index (κ2) is 8.66. The molecule has 1 amide bonds. The van der Waals surface area contributed by atoms with E-state index in [9.17, 15) is 4.79 Å². The lowest BCUT2D eigenvalue weighted by Crippen LogP contribution is -2.27. The van der Waals surface area contributed by atoms with E-state index in [0.29, 0.717) is 18.9 Å². The Hall–Kier alpha value is -1.71. The van der Waals surface area contributed by atoms with Crippen LogP contribution in [0.5, 0.6) is 0 Å². The molecule has 0 aliphatic carbocycles. The van der Waals surface area contributed by atoms with Gasteiger partial charge in [0.25, 0.3) is 0 Å². The van der Waals surface area contributed by atoms with Crippen LogP contribution in [0.4, 0.5) is 11.4 Å². The smallest absolute Gasteiger partial charge is 0.221 e. The SMILES string of the molecule is CC(C)CCNC(=O)CCNc1ccc(N2CCCC2)cc1. The molecule has 2 N–H and O–H groups in total. The van der Waals surface area contributed by atoms with E-state index in [1.54, 1.807) is 0 Å². The van der Waals surface area contributed by atoms with E-state index < -0.39 is 0 Å². The van der Waals surface area contributed by atoms with Crippen molar-refractivity contribution in [3.05, 3.63) is 24.3 Å². The minimum Gasteiger partial charge on any atom is -0.385 e. The molecule has 0 aromatic heterocycles. The molecule has 0 radical (unpaired) electrons. The Balaban J connectivity index is 1.65. The predicted octanol–water partition coefficient (Wildman–Crippen LogP) is 3.25. The van der Waals surface area contributed by atoms with Crippen molar-refractivity contribution < 1.29 is 4.79 Å². The Morgan fingerprint density at radius 3 is 2.45 bits per heavy atom. The maximum atomic E-state index is 11.7. The zero-order chi connectivity index (χ0) is 15.8. The van der Waals surface area contributed by atoms with E-state index in [1.165, 1.54) is 31.6 Å². The summed E-state index contributed by atoms with van der Waals surface area (Å²) in [6.45, 7) is 8.13. The molecule has 1 saturated heterocycles. The standard InChI is InChI=1S/C18H29N3O/c1-15(2)9-11-20-18(22)10-12-19-16-5-7-17(8-6-16)21-13-3-4-14-21/h5-8,15,19H,3-4,9-14H2,1-2H3,(H,20,22). The van der Waals surface area contributed by atoms with Gasteiger partial charge in [0.15, 0.2) is 0 Å². The first-order valence-electron chi connectivity index (χ1n) is 8.51. The number of rotatable bonds is 8. The molecule has 1 heterocycles. The van der Waals surface area contributed by atoms with Gasteiger partial charge in [-0.3, -0.25) is 4.79 Å². The molecule has 0 saturated carbocycles. The summed E-state index contributed by atoms with van der Waals surface area (Å²) in [4.78, 5) is 14.1. The third-order valence-electron chi connectivity index (χ3n) is 4.06. The van der Waals surface area contributed by atoms with Gasteiger partial charge in [-0.15, -0.1) is 0 Å². The van der Waals surface area contributed by atoms with Crippen molar-refractivity contribution in [3.8, 4) is 0 Å². The predicted molar refractivity (Wildman–Crippen MR) is 93.5 cm³/mol. The highest BCUT2D eigenvalue weighted by molar-refractivity contribution is 5.76. The van der Waals surface area contributed by atoms with Gasteiger partial charge < -0.3 is 15.5 Å². The first-order chi connectivity index (χ1) is 10.6. The van der Waals surface area contributed by atoms with Gasteiger partial charge in [-0.05, 0) is 49.4 Å². The molecule has 1 aliphatic heterocycles. The van der Waals surface area contributed by atoms with E-state index in [-0.39, 0.29) is 5.91 Å². The summed E-state index contributed by atoms with van der Waals surface area (Å²) in [5, 5.41) is 6.27. The number of amides is 1. The fraction of sp³-hybridized carbons (Fsp3) is 0.611. The molecule has 122 valence electrons. The van der Waals surface area contributed by atoms with Crippen molar-refractivity contribution in [3.63, 3.8) is 0 Å². The molecule has 1 fully saturated rings. The second-order valence-electron chi connectivity index (χ2n) is 6.45. The van der Waals surface area contributed by atoms with E-state index in [2.05, 4.69) is 53.6 Å². The Bertz CT molecular complexity index is 450. The quantitative estimate of drug-likeness (QED) is 0.775. The molecule has 1 aromatic rings. The first kappa shape index (κ1) is 16.7. The highest BCUT2D eigenvalue weighted by atomic mass is 16.1. The van der Waals surface area contributed by atoms with E-state index in [4.69, 9.17) is 0 Å². The minimum atomic E-state index is 0.127.